The van der Waals surface area contributed by atoms with E-state index in [1.54, 1.807) is 12.1 Å². The molecule has 0 unspecified atom stereocenters. The minimum Gasteiger partial charge on any atom is -0.502 e. The number of amides is 1. The molecule has 0 saturated carbocycles. The Kier molecular flexibility index (Phi) is 6.65. The summed E-state index contributed by atoms with van der Waals surface area (Å²) in [4.78, 5) is 12.0. The molecule has 7 nitrogen and oxygen atoms in total. The summed E-state index contributed by atoms with van der Waals surface area (Å²) < 4.78 is 15.8. The van der Waals surface area contributed by atoms with Crippen LogP contribution in [0.25, 0.3) is 0 Å². The Hall–Kier alpha value is -3.22. The Morgan fingerprint density at radius 2 is 1.70 bits per heavy atom. The molecule has 144 valence electrons. The van der Waals surface area contributed by atoms with Gasteiger partial charge in [-0.3, -0.25) is 4.79 Å². The minimum absolute atomic E-state index is 0.0986. The second kappa shape index (κ2) is 8.93. The van der Waals surface area contributed by atoms with Crippen LogP contribution in [0, 0.1) is 20.8 Å². The maximum atomic E-state index is 12.0. The standard InChI is InChI=1S/C20H24N2O5/c1-12-6-7-13(2)20(14(12)3)27-11-18(23)22-21-10-15-8-16(25-4)19(24)17(9-15)26-5/h6-10,24H,11H2,1-5H3,(H,22,23)/b21-10-. The van der Waals surface area contributed by atoms with Crippen molar-refractivity contribution in [3.8, 4) is 23.0 Å². The summed E-state index contributed by atoms with van der Waals surface area (Å²) in [5, 5.41) is 13.8. The lowest BCUT2D eigenvalue weighted by Gasteiger charge is -2.13. The van der Waals surface area contributed by atoms with Crippen molar-refractivity contribution in [2.45, 2.75) is 20.8 Å². The third-order valence-corrected chi connectivity index (χ3v) is 4.13. The maximum absolute atomic E-state index is 12.0. The Labute approximate surface area is 158 Å². The van der Waals surface area contributed by atoms with E-state index in [0.717, 1.165) is 16.7 Å². The number of carbonyl (C=O) groups is 1. The first-order valence-electron chi connectivity index (χ1n) is 8.33. The monoisotopic (exact) mass is 372 g/mol. The summed E-state index contributed by atoms with van der Waals surface area (Å²) >= 11 is 0. The van der Waals surface area contributed by atoms with Gasteiger partial charge in [-0.1, -0.05) is 12.1 Å². The fourth-order valence-electron chi connectivity index (χ4n) is 2.48. The number of hydrazone groups is 1. The number of aromatic hydroxyl groups is 1. The smallest absolute Gasteiger partial charge is 0.277 e. The van der Waals surface area contributed by atoms with Crippen LogP contribution in [-0.2, 0) is 4.79 Å². The van der Waals surface area contributed by atoms with Crippen LogP contribution in [0.15, 0.2) is 29.4 Å². The zero-order valence-electron chi connectivity index (χ0n) is 16.1. The molecule has 0 aromatic heterocycles. The van der Waals surface area contributed by atoms with Crippen LogP contribution < -0.4 is 19.6 Å². The van der Waals surface area contributed by atoms with Gasteiger partial charge in [0.2, 0.25) is 5.75 Å². The normalized spacial score (nSPS) is 10.7. The van der Waals surface area contributed by atoms with Gasteiger partial charge in [-0.05, 0) is 49.6 Å². The Morgan fingerprint density at radius 1 is 1.11 bits per heavy atom. The molecule has 0 aliphatic heterocycles. The topological polar surface area (TPSA) is 89.4 Å². The minimum atomic E-state index is -0.385. The summed E-state index contributed by atoms with van der Waals surface area (Å²) in [6.45, 7) is 5.74. The highest BCUT2D eigenvalue weighted by molar-refractivity contribution is 5.84. The molecular weight excluding hydrogens is 348 g/mol. The molecule has 0 radical (unpaired) electrons. The predicted octanol–water partition coefficient (Wildman–Crippen LogP) is 2.86. The molecule has 0 aliphatic carbocycles. The number of methoxy groups -OCH3 is 2. The van der Waals surface area contributed by atoms with Crippen molar-refractivity contribution in [2.24, 2.45) is 5.10 Å². The van der Waals surface area contributed by atoms with Crippen LogP contribution in [0.4, 0.5) is 0 Å². The van der Waals surface area contributed by atoms with Gasteiger partial charge in [0.1, 0.15) is 5.75 Å². The van der Waals surface area contributed by atoms with Crippen LogP contribution in [0.2, 0.25) is 0 Å². The molecule has 0 bridgehead atoms. The molecule has 0 aliphatic rings. The zero-order valence-corrected chi connectivity index (χ0v) is 16.1. The van der Waals surface area contributed by atoms with E-state index in [2.05, 4.69) is 10.5 Å². The maximum Gasteiger partial charge on any atom is 0.277 e. The molecule has 1 amide bonds. The van der Waals surface area contributed by atoms with Gasteiger partial charge in [0.25, 0.3) is 5.91 Å². The van der Waals surface area contributed by atoms with E-state index in [9.17, 15) is 9.90 Å². The first-order chi connectivity index (χ1) is 12.9. The Bertz CT molecular complexity index is 837. The number of aryl methyl sites for hydroxylation is 2. The highest BCUT2D eigenvalue weighted by Gasteiger charge is 2.11. The van der Waals surface area contributed by atoms with Crippen molar-refractivity contribution in [3.05, 3.63) is 46.5 Å². The summed E-state index contributed by atoms with van der Waals surface area (Å²) in [5.41, 5.74) is 6.08. The number of benzene rings is 2. The Balaban J connectivity index is 1.99. The second-order valence-corrected chi connectivity index (χ2v) is 6.01. The average molecular weight is 372 g/mol. The quantitative estimate of drug-likeness (QED) is 0.576. The SMILES string of the molecule is COc1cc(/C=N\NC(=O)COc2c(C)ccc(C)c2C)cc(OC)c1O. The Morgan fingerprint density at radius 3 is 2.30 bits per heavy atom. The van der Waals surface area contributed by atoms with Gasteiger partial charge in [-0.15, -0.1) is 0 Å². The molecule has 2 aromatic rings. The molecule has 2 rings (SSSR count). The largest absolute Gasteiger partial charge is 0.502 e. The molecule has 7 heteroatoms. The van der Waals surface area contributed by atoms with Crippen molar-refractivity contribution < 1.29 is 24.1 Å². The number of phenols is 1. The third kappa shape index (κ3) is 4.91. The van der Waals surface area contributed by atoms with E-state index < -0.39 is 0 Å². The molecule has 0 saturated heterocycles. The van der Waals surface area contributed by atoms with E-state index in [0.29, 0.717) is 11.3 Å². The summed E-state index contributed by atoms with van der Waals surface area (Å²) in [6, 6.07) is 7.12. The number of ether oxygens (including phenoxy) is 3. The summed E-state index contributed by atoms with van der Waals surface area (Å²) in [5.74, 6) is 0.719. The molecule has 0 heterocycles. The first-order valence-corrected chi connectivity index (χ1v) is 8.33. The van der Waals surface area contributed by atoms with Crippen LogP contribution in [0.1, 0.15) is 22.3 Å². The van der Waals surface area contributed by atoms with Crippen molar-refractivity contribution in [3.63, 3.8) is 0 Å². The highest BCUT2D eigenvalue weighted by Crippen LogP contribution is 2.36. The van der Waals surface area contributed by atoms with Crippen LogP contribution in [0.3, 0.4) is 0 Å². The highest BCUT2D eigenvalue weighted by atomic mass is 16.5. The number of carbonyl (C=O) groups excluding carboxylic acids is 1. The fourth-order valence-corrected chi connectivity index (χ4v) is 2.48. The molecular formula is C20H24N2O5. The second-order valence-electron chi connectivity index (χ2n) is 6.01. The summed E-state index contributed by atoms with van der Waals surface area (Å²) in [6.07, 6.45) is 1.42. The average Bonchev–Trinajstić information content (AvgIpc) is 2.65. The number of hydrogen-bond acceptors (Lipinski definition) is 6. The number of nitrogens with one attached hydrogen (secondary N) is 1. The third-order valence-electron chi connectivity index (χ3n) is 4.13. The van der Waals surface area contributed by atoms with Crippen molar-refractivity contribution in [2.75, 3.05) is 20.8 Å². The molecule has 2 aromatic carbocycles. The van der Waals surface area contributed by atoms with Crippen molar-refractivity contribution >= 4 is 12.1 Å². The lowest BCUT2D eigenvalue weighted by molar-refractivity contribution is -0.123. The lowest BCUT2D eigenvalue weighted by atomic mass is 10.1. The predicted molar refractivity (Wildman–Crippen MR) is 103 cm³/mol. The number of nitrogens with zero attached hydrogens (tertiary/aromatic N) is 1. The number of phenolic OH excluding ortho intramolecular Hbond substituents is 1. The first kappa shape index (κ1) is 20.1. The van der Waals surface area contributed by atoms with Crippen molar-refractivity contribution in [1.82, 2.24) is 5.43 Å². The van der Waals surface area contributed by atoms with Gasteiger partial charge in [0.05, 0.1) is 20.4 Å². The van der Waals surface area contributed by atoms with Gasteiger partial charge < -0.3 is 19.3 Å². The number of hydrogen-bond donors (Lipinski definition) is 2. The van der Waals surface area contributed by atoms with Crippen molar-refractivity contribution in [1.29, 1.82) is 0 Å². The fraction of sp³-hybridized carbons (Fsp3) is 0.300. The zero-order chi connectivity index (χ0) is 20.0. The molecule has 0 fully saturated rings. The van der Waals surface area contributed by atoms with E-state index in [4.69, 9.17) is 14.2 Å². The molecule has 0 atom stereocenters. The van der Waals surface area contributed by atoms with E-state index in [1.807, 2.05) is 32.9 Å². The lowest BCUT2D eigenvalue weighted by Crippen LogP contribution is -2.25. The van der Waals surface area contributed by atoms with E-state index >= 15 is 0 Å². The van der Waals surface area contributed by atoms with Crippen LogP contribution in [-0.4, -0.2) is 38.1 Å². The van der Waals surface area contributed by atoms with Gasteiger partial charge in [-0.2, -0.15) is 5.10 Å². The van der Waals surface area contributed by atoms with E-state index in [-0.39, 0.29) is 29.8 Å². The van der Waals surface area contributed by atoms with Gasteiger partial charge in [0.15, 0.2) is 18.1 Å². The van der Waals surface area contributed by atoms with Gasteiger partial charge in [0, 0.05) is 5.56 Å². The number of rotatable bonds is 7. The molecule has 2 N–H and O–H groups in total. The van der Waals surface area contributed by atoms with E-state index in [1.165, 1.54) is 20.4 Å². The van der Waals surface area contributed by atoms with Gasteiger partial charge in [-0.25, -0.2) is 5.43 Å². The molecule has 0 spiro atoms. The van der Waals surface area contributed by atoms with Crippen LogP contribution in [0.5, 0.6) is 23.0 Å². The van der Waals surface area contributed by atoms with Crippen LogP contribution >= 0.6 is 0 Å². The van der Waals surface area contributed by atoms with Gasteiger partial charge >= 0.3 is 0 Å². The molecule has 27 heavy (non-hydrogen) atoms. The summed E-state index contributed by atoms with van der Waals surface area (Å²) in [7, 11) is 2.87.